The average Bonchev–Trinajstić information content (AvgIpc) is 2.52. The van der Waals surface area contributed by atoms with Crippen molar-refractivity contribution >= 4 is 17.6 Å². The standard InChI is InChI=1S/C17H17NO5/c1-11-4-3-5-13(8-11)18-16(19)10-23-14-7-6-12(17(20)21)9-15(14)22-2/h3-9H,10H2,1-2H3,(H,18,19)(H,20,21). The van der Waals surface area contributed by atoms with Crippen molar-refractivity contribution in [2.45, 2.75) is 6.92 Å². The van der Waals surface area contributed by atoms with Gasteiger partial charge in [-0.2, -0.15) is 0 Å². The lowest BCUT2D eigenvalue weighted by atomic mass is 10.2. The van der Waals surface area contributed by atoms with Crippen LogP contribution in [0.25, 0.3) is 0 Å². The van der Waals surface area contributed by atoms with E-state index < -0.39 is 5.97 Å². The molecule has 0 bridgehead atoms. The van der Waals surface area contributed by atoms with E-state index >= 15 is 0 Å². The van der Waals surface area contributed by atoms with Crippen molar-refractivity contribution in [2.24, 2.45) is 0 Å². The predicted molar refractivity (Wildman–Crippen MR) is 85.3 cm³/mol. The van der Waals surface area contributed by atoms with Crippen LogP contribution in [0.1, 0.15) is 15.9 Å². The van der Waals surface area contributed by atoms with Gasteiger partial charge < -0.3 is 19.9 Å². The number of carboxylic acid groups (broad SMARTS) is 1. The predicted octanol–water partition coefficient (Wildman–Crippen LogP) is 2.72. The molecule has 0 aliphatic rings. The molecular weight excluding hydrogens is 298 g/mol. The summed E-state index contributed by atoms with van der Waals surface area (Å²) in [5.74, 6) is -0.822. The molecule has 2 rings (SSSR count). The van der Waals surface area contributed by atoms with Crippen LogP contribution in [0.2, 0.25) is 0 Å². The van der Waals surface area contributed by atoms with Gasteiger partial charge in [-0.05, 0) is 42.8 Å². The maximum atomic E-state index is 11.9. The summed E-state index contributed by atoms with van der Waals surface area (Å²) >= 11 is 0. The number of methoxy groups -OCH3 is 1. The maximum absolute atomic E-state index is 11.9. The minimum atomic E-state index is -1.06. The Kier molecular flexibility index (Phi) is 5.19. The first-order valence-corrected chi connectivity index (χ1v) is 6.90. The lowest BCUT2D eigenvalue weighted by Crippen LogP contribution is -2.20. The highest BCUT2D eigenvalue weighted by Crippen LogP contribution is 2.28. The number of aryl methyl sites for hydroxylation is 1. The number of anilines is 1. The number of nitrogens with one attached hydrogen (secondary N) is 1. The molecule has 0 atom stereocenters. The largest absolute Gasteiger partial charge is 0.493 e. The molecule has 6 nitrogen and oxygen atoms in total. The van der Waals surface area contributed by atoms with Crippen LogP contribution in [0.5, 0.6) is 11.5 Å². The van der Waals surface area contributed by atoms with E-state index in [9.17, 15) is 9.59 Å². The number of ether oxygens (including phenoxy) is 2. The molecule has 2 N–H and O–H groups in total. The van der Waals surface area contributed by atoms with E-state index in [4.69, 9.17) is 14.6 Å². The van der Waals surface area contributed by atoms with Crippen molar-refractivity contribution < 1.29 is 24.2 Å². The smallest absolute Gasteiger partial charge is 0.335 e. The summed E-state index contributed by atoms with van der Waals surface area (Å²) in [4.78, 5) is 22.8. The summed E-state index contributed by atoms with van der Waals surface area (Å²) < 4.78 is 10.5. The number of carbonyl (C=O) groups excluding carboxylic acids is 1. The van der Waals surface area contributed by atoms with Gasteiger partial charge in [-0.3, -0.25) is 4.79 Å². The third-order valence-corrected chi connectivity index (χ3v) is 3.07. The average molecular weight is 315 g/mol. The zero-order chi connectivity index (χ0) is 16.8. The van der Waals surface area contributed by atoms with Crippen LogP contribution in [-0.4, -0.2) is 30.7 Å². The molecule has 0 saturated carbocycles. The van der Waals surface area contributed by atoms with Gasteiger partial charge in [-0.25, -0.2) is 4.79 Å². The first-order valence-electron chi connectivity index (χ1n) is 6.90. The fourth-order valence-corrected chi connectivity index (χ4v) is 1.98. The molecule has 0 spiro atoms. The summed E-state index contributed by atoms with van der Waals surface area (Å²) in [6, 6.07) is 11.6. The van der Waals surface area contributed by atoms with E-state index in [1.165, 1.54) is 25.3 Å². The van der Waals surface area contributed by atoms with Crippen LogP contribution in [0, 0.1) is 6.92 Å². The molecule has 0 unspecified atom stereocenters. The monoisotopic (exact) mass is 315 g/mol. The normalized spacial score (nSPS) is 10.0. The Hall–Kier alpha value is -3.02. The van der Waals surface area contributed by atoms with Gasteiger partial charge in [-0.15, -0.1) is 0 Å². The first kappa shape index (κ1) is 16.4. The van der Waals surface area contributed by atoms with E-state index in [2.05, 4.69) is 5.32 Å². The van der Waals surface area contributed by atoms with Gasteiger partial charge in [-0.1, -0.05) is 12.1 Å². The molecule has 0 heterocycles. The van der Waals surface area contributed by atoms with Crippen LogP contribution in [0.15, 0.2) is 42.5 Å². The van der Waals surface area contributed by atoms with E-state index in [-0.39, 0.29) is 23.8 Å². The number of hydrogen-bond donors (Lipinski definition) is 2. The molecule has 0 aliphatic carbocycles. The highest BCUT2D eigenvalue weighted by molar-refractivity contribution is 5.92. The molecule has 2 aromatic rings. The number of aromatic carboxylic acids is 1. The zero-order valence-corrected chi connectivity index (χ0v) is 12.8. The van der Waals surface area contributed by atoms with Crippen molar-refractivity contribution in [3.05, 3.63) is 53.6 Å². The van der Waals surface area contributed by atoms with Crippen molar-refractivity contribution in [1.29, 1.82) is 0 Å². The van der Waals surface area contributed by atoms with Gasteiger partial charge in [0.1, 0.15) is 0 Å². The van der Waals surface area contributed by atoms with Crippen LogP contribution in [0.4, 0.5) is 5.69 Å². The molecule has 1 amide bonds. The molecule has 2 aromatic carbocycles. The van der Waals surface area contributed by atoms with Gasteiger partial charge in [0.05, 0.1) is 12.7 Å². The number of amides is 1. The minimum Gasteiger partial charge on any atom is -0.493 e. The molecule has 0 aliphatic heterocycles. The molecule has 0 radical (unpaired) electrons. The Bertz CT molecular complexity index is 727. The summed E-state index contributed by atoms with van der Waals surface area (Å²) in [7, 11) is 1.40. The van der Waals surface area contributed by atoms with Crippen molar-refractivity contribution in [3.63, 3.8) is 0 Å². The molecule has 120 valence electrons. The molecule has 0 aromatic heterocycles. The van der Waals surface area contributed by atoms with Crippen LogP contribution in [0.3, 0.4) is 0 Å². The van der Waals surface area contributed by atoms with Crippen LogP contribution in [-0.2, 0) is 4.79 Å². The van der Waals surface area contributed by atoms with Crippen molar-refractivity contribution in [1.82, 2.24) is 0 Å². The van der Waals surface area contributed by atoms with E-state index in [1.807, 2.05) is 25.1 Å². The van der Waals surface area contributed by atoms with Gasteiger partial charge in [0.15, 0.2) is 18.1 Å². The van der Waals surface area contributed by atoms with Crippen LogP contribution < -0.4 is 14.8 Å². The highest BCUT2D eigenvalue weighted by atomic mass is 16.5. The number of rotatable bonds is 6. The molecular formula is C17H17NO5. The summed E-state index contributed by atoms with van der Waals surface area (Å²) in [5, 5.41) is 11.7. The molecule has 0 saturated heterocycles. The second-order valence-corrected chi connectivity index (χ2v) is 4.88. The fourth-order valence-electron chi connectivity index (χ4n) is 1.98. The summed E-state index contributed by atoms with van der Waals surface area (Å²) in [6.45, 7) is 1.72. The number of carboxylic acids is 1. The van der Waals surface area contributed by atoms with Crippen molar-refractivity contribution in [3.8, 4) is 11.5 Å². The fraction of sp³-hybridized carbons (Fsp3) is 0.176. The number of hydrogen-bond acceptors (Lipinski definition) is 4. The Morgan fingerprint density at radius 2 is 1.91 bits per heavy atom. The lowest BCUT2D eigenvalue weighted by molar-refractivity contribution is -0.118. The van der Waals surface area contributed by atoms with Crippen molar-refractivity contribution in [2.75, 3.05) is 19.0 Å². The highest BCUT2D eigenvalue weighted by Gasteiger charge is 2.11. The Morgan fingerprint density at radius 1 is 1.13 bits per heavy atom. The van der Waals surface area contributed by atoms with E-state index in [0.717, 1.165) is 5.56 Å². The van der Waals surface area contributed by atoms with Crippen LogP contribution >= 0.6 is 0 Å². The number of carbonyl (C=O) groups is 2. The molecule has 23 heavy (non-hydrogen) atoms. The zero-order valence-electron chi connectivity index (χ0n) is 12.8. The first-order chi connectivity index (χ1) is 11.0. The topological polar surface area (TPSA) is 84.9 Å². The number of benzene rings is 2. The quantitative estimate of drug-likeness (QED) is 0.856. The Morgan fingerprint density at radius 3 is 2.57 bits per heavy atom. The third-order valence-electron chi connectivity index (χ3n) is 3.07. The summed E-state index contributed by atoms with van der Waals surface area (Å²) in [6.07, 6.45) is 0. The Labute approximate surface area is 133 Å². The minimum absolute atomic E-state index is 0.0819. The third kappa shape index (κ3) is 4.47. The maximum Gasteiger partial charge on any atom is 0.335 e. The SMILES string of the molecule is COc1cc(C(=O)O)ccc1OCC(=O)Nc1cccc(C)c1. The second kappa shape index (κ2) is 7.31. The molecule has 0 fully saturated rings. The summed E-state index contributed by atoms with van der Waals surface area (Å²) in [5.41, 5.74) is 1.81. The van der Waals surface area contributed by atoms with Gasteiger partial charge in [0.25, 0.3) is 5.91 Å². The van der Waals surface area contributed by atoms with E-state index in [1.54, 1.807) is 6.07 Å². The second-order valence-electron chi connectivity index (χ2n) is 4.88. The van der Waals surface area contributed by atoms with E-state index in [0.29, 0.717) is 11.4 Å². The van der Waals surface area contributed by atoms with Gasteiger partial charge in [0, 0.05) is 5.69 Å². The van der Waals surface area contributed by atoms with Gasteiger partial charge >= 0.3 is 5.97 Å². The Balaban J connectivity index is 2.00. The van der Waals surface area contributed by atoms with Gasteiger partial charge in [0.2, 0.25) is 0 Å². The molecule has 6 heteroatoms. The lowest BCUT2D eigenvalue weighted by Gasteiger charge is -2.11.